The van der Waals surface area contributed by atoms with Crippen molar-refractivity contribution in [3.05, 3.63) is 52.1 Å². The Kier molecular flexibility index (Phi) is 4.15. The third-order valence-corrected chi connectivity index (χ3v) is 3.29. The zero-order valence-corrected chi connectivity index (χ0v) is 10.6. The minimum absolute atomic E-state index is 0.266. The summed E-state index contributed by atoms with van der Waals surface area (Å²) in [4.78, 5) is 23.7. The third-order valence-electron chi connectivity index (χ3n) is 2.24. The van der Waals surface area contributed by atoms with Crippen molar-refractivity contribution < 1.29 is 19.1 Å². The lowest BCUT2D eigenvalue weighted by Crippen LogP contribution is -2.21. The molecule has 0 bridgehead atoms. The number of carbonyl (C=O) groups is 2. The summed E-state index contributed by atoms with van der Waals surface area (Å²) in [5.41, 5.74) is 0. The number of hydrogen-bond acceptors (Lipinski definition) is 4. The number of nitrogens with one attached hydrogen (secondary N) is 1. The van der Waals surface area contributed by atoms with Gasteiger partial charge in [-0.25, -0.2) is 4.79 Å². The van der Waals surface area contributed by atoms with Crippen LogP contribution < -0.4 is 5.32 Å². The number of hydrogen-bond donors (Lipinski definition) is 2. The first kappa shape index (κ1) is 13.1. The normalized spacial score (nSPS) is 10.7. The Hall–Kier alpha value is -2.34. The van der Waals surface area contributed by atoms with E-state index in [0.29, 0.717) is 6.54 Å². The summed E-state index contributed by atoms with van der Waals surface area (Å²) in [6, 6.07) is 6.88. The van der Waals surface area contributed by atoms with Crippen LogP contribution in [0.2, 0.25) is 0 Å². The highest BCUT2D eigenvalue weighted by molar-refractivity contribution is 7.12. The van der Waals surface area contributed by atoms with Crippen molar-refractivity contribution in [3.8, 4) is 0 Å². The Bertz CT molecular complexity index is 598. The van der Waals surface area contributed by atoms with Crippen molar-refractivity contribution in [2.75, 3.05) is 0 Å². The fraction of sp³-hybridized carbons (Fsp3) is 0.0769. The second-order valence-electron chi connectivity index (χ2n) is 3.64. The SMILES string of the molecule is O=C(O)C=Cc1ccc(CNC(=O)c2ccco2)s1. The van der Waals surface area contributed by atoms with Crippen molar-refractivity contribution in [2.24, 2.45) is 0 Å². The van der Waals surface area contributed by atoms with Crippen LogP contribution in [0.15, 0.2) is 41.0 Å². The van der Waals surface area contributed by atoms with Crippen LogP contribution in [0.1, 0.15) is 20.3 Å². The number of carbonyl (C=O) groups excluding carboxylic acids is 1. The molecule has 6 heteroatoms. The van der Waals surface area contributed by atoms with Crippen LogP contribution in [0.25, 0.3) is 6.08 Å². The Labute approximate surface area is 113 Å². The maximum Gasteiger partial charge on any atom is 0.328 e. The number of thiophene rings is 1. The van der Waals surface area contributed by atoms with Gasteiger partial charge in [-0.2, -0.15) is 0 Å². The van der Waals surface area contributed by atoms with Gasteiger partial charge in [-0.1, -0.05) is 0 Å². The summed E-state index contributed by atoms with van der Waals surface area (Å²) >= 11 is 1.42. The number of aliphatic carboxylic acids is 1. The topological polar surface area (TPSA) is 79.5 Å². The van der Waals surface area contributed by atoms with E-state index in [0.717, 1.165) is 15.8 Å². The number of furan rings is 1. The number of carboxylic acid groups (broad SMARTS) is 1. The van der Waals surface area contributed by atoms with Crippen molar-refractivity contribution in [1.29, 1.82) is 0 Å². The lowest BCUT2D eigenvalue weighted by atomic mass is 10.3. The molecule has 98 valence electrons. The molecule has 2 N–H and O–H groups in total. The van der Waals surface area contributed by atoms with Crippen LogP contribution in [0, 0.1) is 0 Å². The first-order valence-electron chi connectivity index (χ1n) is 5.46. The first-order chi connectivity index (χ1) is 9.15. The molecule has 1 amide bonds. The lowest BCUT2D eigenvalue weighted by molar-refractivity contribution is -0.131. The summed E-state index contributed by atoms with van der Waals surface area (Å²) in [5.74, 6) is -0.996. The van der Waals surface area contributed by atoms with E-state index in [1.807, 2.05) is 6.07 Å². The van der Waals surface area contributed by atoms with Crippen LogP contribution in [-0.4, -0.2) is 17.0 Å². The highest BCUT2D eigenvalue weighted by Gasteiger charge is 2.08. The fourth-order valence-electron chi connectivity index (χ4n) is 1.39. The van der Waals surface area contributed by atoms with E-state index in [1.165, 1.54) is 23.7 Å². The molecule has 2 aromatic rings. The quantitative estimate of drug-likeness (QED) is 0.822. The molecule has 5 nitrogen and oxygen atoms in total. The third kappa shape index (κ3) is 3.82. The average Bonchev–Trinajstić information content (AvgIpc) is 3.04. The van der Waals surface area contributed by atoms with E-state index in [4.69, 9.17) is 9.52 Å². The predicted molar refractivity (Wildman–Crippen MR) is 70.9 cm³/mol. The molecule has 0 saturated carbocycles. The molecule has 0 fully saturated rings. The largest absolute Gasteiger partial charge is 0.478 e. The minimum Gasteiger partial charge on any atom is -0.478 e. The molecule has 0 radical (unpaired) electrons. The second-order valence-corrected chi connectivity index (χ2v) is 4.84. The molecule has 0 aliphatic heterocycles. The highest BCUT2D eigenvalue weighted by Crippen LogP contribution is 2.17. The molecule has 2 aromatic heterocycles. The zero-order chi connectivity index (χ0) is 13.7. The minimum atomic E-state index is -0.985. The van der Waals surface area contributed by atoms with Crippen molar-refractivity contribution in [2.45, 2.75) is 6.54 Å². The maximum absolute atomic E-state index is 11.6. The molecule has 0 aliphatic rings. The Morgan fingerprint density at radius 3 is 2.89 bits per heavy atom. The van der Waals surface area contributed by atoms with Gasteiger partial charge < -0.3 is 14.8 Å². The van der Waals surface area contributed by atoms with Crippen molar-refractivity contribution >= 4 is 29.3 Å². The van der Waals surface area contributed by atoms with Gasteiger partial charge in [0, 0.05) is 15.8 Å². The van der Waals surface area contributed by atoms with Crippen LogP contribution >= 0.6 is 11.3 Å². The van der Waals surface area contributed by atoms with Gasteiger partial charge in [0.05, 0.1) is 12.8 Å². The van der Waals surface area contributed by atoms with Crippen LogP contribution in [0.5, 0.6) is 0 Å². The maximum atomic E-state index is 11.6. The van der Waals surface area contributed by atoms with Gasteiger partial charge >= 0.3 is 5.97 Å². The Balaban J connectivity index is 1.90. The predicted octanol–water partition coefficient (Wildman–Crippen LogP) is 2.37. The van der Waals surface area contributed by atoms with E-state index < -0.39 is 5.97 Å². The highest BCUT2D eigenvalue weighted by atomic mass is 32.1. The molecular formula is C13H11NO4S. The molecule has 2 heterocycles. The van der Waals surface area contributed by atoms with Gasteiger partial charge in [-0.3, -0.25) is 4.79 Å². The van der Waals surface area contributed by atoms with Gasteiger partial charge in [0.1, 0.15) is 0 Å². The Morgan fingerprint density at radius 2 is 2.21 bits per heavy atom. The first-order valence-corrected chi connectivity index (χ1v) is 6.28. The Morgan fingerprint density at radius 1 is 1.37 bits per heavy atom. The molecule has 0 spiro atoms. The molecule has 2 rings (SSSR count). The van der Waals surface area contributed by atoms with Crippen LogP contribution in [0.3, 0.4) is 0 Å². The van der Waals surface area contributed by atoms with E-state index in [-0.39, 0.29) is 11.7 Å². The summed E-state index contributed by atoms with van der Waals surface area (Å²) in [7, 11) is 0. The van der Waals surface area contributed by atoms with E-state index >= 15 is 0 Å². The van der Waals surface area contributed by atoms with Gasteiger partial charge in [-0.05, 0) is 30.3 Å². The molecular weight excluding hydrogens is 266 g/mol. The molecule has 19 heavy (non-hydrogen) atoms. The summed E-state index contributed by atoms with van der Waals surface area (Å²) in [6.45, 7) is 0.380. The van der Waals surface area contributed by atoms with Crippen LogP contribution in [-0.2, 0) is 11.3 Å². The van der Waals surface area contributed by atoms with Crippen molar-refractivity contribution in [3.63, 3.8) is 0 Å². The van der Waals surface area contributed by atoms with Gasteiger partial charge in [0.25, 0.3) is 5.91 Å². The number of carboxylic acids is 1. The number of rotatable bonds is 5. The standard InChI is InChI=1S/C13H11NO4S/c15-12(16)6-5-9-3-4-10(19-9)8-14-13(17)11-2-1-7-18-11/h1-7H,8H2,(H,14,17)(H,15,16). The monoisotopic (exact) mass is 277 g/mol. The summed E-state index contributed by atoms with van der Waals surface area (Å²) in [6.07, 6.45) is 4.04. The van der Waals surface area contributed by atoms with Crippen molar-refractivity contribution in [1.82, 2.24) is 5.32 Å². The van der Waals surface area contributed by atoms with E-state index in [1.54, 1.807) is 18.2 Å². The molecule has 0 unspecified atom stereocenters. The molecule has 0 atom stereocenters. The fourth-order valence-corrected chi connectivity index (χ4v) is 2.25. The van der Waals surface area contributed by atoms with Gasteiger partial charge in [-0.15, -0.1) is 11.3 Å². The van der Waals surface area contributed by atoms with E-state index in [9.17, 15) is 9.59 Å². The molecule has 0 aliphatic carbocycles. The van der Waals surface area contributed by atoms with E-state index in [2.05, 4.69) is 5.32 Å². The second kappa shape index (κ2) is 6.01. The molecule has 0 saturated heterocycles. The average molecular weight is 277 g/mol. The smallest absolute Gasteiger partial charge is 0.328 e. The van der Waals surface area contributed by atoms with Gasteiger partial charge in [0.15, 0.2) is 5.76 Å². The number of amides is 1. The lowest BCUT2D eigenvalue weighted by Gasteiger charge is -1.99. The van der Waals surface area contributed by atoms with Crippen LogP contribution in [0.4, 0.5) is 0 Å². The summed E-state index contributed by atoms with van der Waals surface area (Å²) < 4.78 is 4.97. The zero-order valence-electron chi connectivity index (χ0n) is 9.83. The van der Waals surface area contributed by atoms with Gasteiger partial charge in [0.2, 0.25) is 0 Å². The molecule has 0 aromatic carbocycles. The summed E-state index contributed by atoms with van der Waals surface area (Å²) in [5, 5.41) is 11.2.